The zero-order valence-corrected chi connectivity index (χ0v) is 16.8. The zero-order valence-electron chi connectivity index (χ0n) is 16.8. The van der Waals surface area contributed by atoms with E-state index in [0.717, 1.165) is 16.8 Å². The van der Waals surface area contributed by atoms with E-state index in [1.807, 2.05) is 73.9 Å². The first-order valence-corrected chi connectivity index (χ1v) is 9.78. The van der Waals surface area contributed by atoms with E-state index in [-0.39, 0.29) is 5.91 Å². The molecule has 0 radical (unpaired) electrons. The molecule has 6 nitrogen and oxygen atoms in total. The quantitative estimate of drug-likeness (QED) is 0.587. The van der Waals surface area contributed by atoms with Crippen molar-refractivity contribution in [3.63, 3.8) is 0 Å². The summed E-state index contributed by atoms with van der Waals surface area (Å²) in [6, 6.07) is 15.6. The van der Waals surface area contributed by atoms with Crippen molar-refractivity contribution in [1.29, 1.82) is 0 Å². The fraction of sp³-hybridized carbons (Fsp3) is 0.167. The summed E-state index contributed by atoms with van der Waals surface area (Å²) in [6.07, 6.45) is 10.9. The van der Waals surface area contributed by atoms with Crippen molar-refractivity contribution in [3.05, 3.63) is 84.2 Å². The second-order valence-corrected chi connectivity index (χ2v) is 6.87. The van der Waals surface area contributed by atoms with Crippen LogP contribution in [0.4, 0.5) is 5.69 Å². The molecule has 0 N–H and O–H groups in total. The summed E-state index contributed by atoms with van der Waals surface area (Å²) in [5, 5.41) is 4.13. The maximum Gasteiger partial charge on any atom is 0.251 e. The standard InChI is InChI=1S/C24H23N3O3/c1-26-18-20(17-25-26)9-12-24(28)27(13-5-8-19-6-3-2-4-7-19)21-10-11-22-23(16-21)30-15-14-29-22/h2-12,16-18H,13-15H2,1H3/b8-5-,12-9-. The van der Waals surface area contributed by atoms with Crippen molar-refractivity contribution >= 4 is 23.7 Å². The van der Waals surface area contributed by atoms with Crippen molar-refractivity contribution < 1.29 is 14.3 Å². The van der Waals surface area contributed by atoms with Crippen LogP contribution in [0.5, 0.6) is 11.5 Å². The Bertz CT molecular complexity index is 1070. The number of amides is 1. The van der Waals surface area contributed by atoms with Crippen molar-refractivity contribution in [2.24, 2.45) is 7.05 Å². The highest BCUT2D eigenvalue weighted by atomic mass is 16.6. The number of carbonyl (C=O) groups excluding carboxylic acids is 1. The van der Waals surface area contributed by atoms with Gasteiger partial charge in [0.05, 0.1) is 6.20 Å². The van der Waals surface area contributed by atoms with Gasteiger partial charge < -0.3 is 14.4 Å². The van der Waals surface area contributed by atoms with E-state index in [1.54, 1.807) is 27.9 Å². The van der Waals surface area contributed by atoms with Crippen LogP contribution in [0.2, 0.25) is 0 Å². The number of hydrogen-bond donors (Lipinski definition) is 0. The average Bonchev–Trinajstić information content (AvgIpc) is 3.20. The van der Waals surface area contributed by atoms with Crippen LogP contribution < -0.4 is 14.4 Å². The number of hydrogen-bond acceptors (Lipinski definition) is 4. The molecule has 2 aromatic carbocycles. The van der Waals surface area contributed by atoms with Gasteiger partial charge >= 0.3 is 0 Å². The van der Waals surface area contributed by atoms with Gasteiger partial charge in [0.1, 0.15) is 13.2 Å². The molecule has 152 valence electrons. The minimum Gasteiger partial charge on any atom is -0.486 e. The number of anilines is 1. The van der Waals surface area contributed by atoms with Crippen LogP contribution in [0.25, 0.3) is 12.2 Å². The number of aromatic nitrogens is 2. The fourth-order valence-corrected chi connectivity index (χ4v) is 3.16. The van der Waals surface area contributed by atoms with Gasteiger partial charge in [0.25, 0.3) is 5.91 Å². The minimum atomic E-state index is -0.131. The second-order valence-electron chi connectivity index (χ2n) is 6.87. The van der Waals surface area contributed by atoms with Gasteiger partial charge in [0.15, 0.2) is 11.5 Å². The molecule has 3 aromatic rings. The van der Waals surface area contributed by atoms with Crippen LogP contribution in [0.1, 0.15) is 11.1 Å². The number of aryl methyl sites for hydroxylation is 1. The van der Waals surface area contributed by atoms with Gasteiger partial charge in [0, 0.05) is 43.2 Å². The molecular formula is C24H23N3O3. The molecule has 0 atom stereocenters. The summed E-state index contributed by atoms with van der Waals surface area (Å²) in [4.78, 5) is 14.7. The van der Waals surface area contributed by atoms with E-state index >= 15 is 0 Å². The third-order valence-electron chi connectivity index (χ3n) is 4.64. The van der Waals surface area contributed by atoms with E-state index in [9.17, 15) is 4.79 Å². The summed E-state index contributed by atoms with van der Waals surface area (Å²) in [5.41, 5.74) is 2.70. The molecule has 0 aliphatic carbocycles. The van der Waals surface area contributed by atoms with Crippen LogP contribution in [0.3, 0.4) is 0 Å². The van der Waals surface area contributed by atoms with E-state index in [4.69, 9.17) is 9.47 Å². The van der Waals surface area contributed by atoms with Gasteiger partial charge in [-0.25, -0.2) is 0 Å². The highest BCUT2D eigenvalue weighted by Crippen LogP contribution is 2.34. The van der Waals surface area contributed by atoms with Gasteiger partial charge in [0.2, 0.25) is 0 Å². The third kappa shape index (κ3) is 4.78. The van der Waals surface area contributed by atoms with Crippen molar-refractivity contribution in [1.82, 2.24) is 9.78 Å². The zero-order chi connectivity index (χ0) is 20.8. The molecule has 0 fully saturated rings. The summed E-state index contributed by atoms with van der Waals surface area (Å²) in [6.45, 7) is 1.45. The number of ether oxygens (including phenoxy) is 2. The van der Waals surface area contributed by atoms with E-state index in [2.05, 4.69) is 5.10 Å². The molecule has 0 saturated carbocycles. The number of carbonyl (C=O) groups is 1. The van der Waals surface area contributed by atoms with Crippen molar-refractivity contribution in [3.8, 4) is 11.5 Å². The summed E-state index contributed by atoms with van der Waals surface area (Å²) in [7, 11) is 1.84. The van der Waals surface area contributed by atoms with Crippen LogP contribution in [0.15, 0.2) is 73.1 Å². The number of benzene rings is 2. The largest absolute Gasteiger partial charge is 0.486 e. The normalized spacial score (nSPS) is 13.1. The average molecular weight is 401 g/mol. The first-order valence-electron chi connectivity index (χ1n) is 9.78. The lowest BCUT2D eigenvalue weighted by molar-refractivity contribution is -0.114. The van der Waals surface area contributed by atoms with Gasteiger partial charge in [-0.15, -0.1) is 0 Å². The number of fused-ring (bicyclic) bond motifs is 1. The Balaban J connectivity index is 1.57. The molecule has 1 aliphatic rings. The molecule has 2 heterocycles. The Morgan fingerprint density at radius 3 is 2.63 bits per heavy atom. The number of rotatable bonds is 6. The summed E-state index contributed by atoms with van der Waals surface area (Å²) < 4.78 is 13.0. The molecule has 1 aromatic heterocycles. The molecule has 0 bridgehead atoms. The van der Waals surface area contributed by atoms with Crippen LogP contribution in [-0.4, -0.2) is 35.4 Å². The molecule has 6 heteroatoms. The monoisotopic (exact) mass is 401 g/mol. The highest BCUT2D eigenvalue weighted by Gasteiger charge is 2.17. The van der Waals surface area contributed by atoms with Crippen molar-refractivity contribution in [2.45, 2.75) is 0 Å². The molecule has 1 aliphatic heterocycles. The van der Waals surface area contributed by atoms with Crippen molar-refractivity contribution in [2.75, 3.05) is 24.7 Å². The first kappa shape index (κ1) is 19.5. The molecule has 0 spiro atoms. The predicted molar refractivity (Wildman–Crippen MR) is 118 cm³/mol. The maximum atomic E-state index is 13.0. The Morgan fingerprint density at radius 1 is 1.07 bits per heavy atom. The molecular weight excluding hydrogens is 378 g/mol. The SMILES string of the molecule is Cn1cc(/C=C\C(=O)N(C/C=C\c2ccccc2)c2ccc3c(c2)OCCO3)cn1. The Hall–Kier alpha value is -3.80. The minimum absolute atomic E-state index is 0.131. The van der Waals surface area contributed by atoms with E-state index in [0.29, 0.717) is 31.3 Å². The molecule has 0 unspecified atom stereocenters. The van der Waals surface area contributed by atoms with Gasteiger partial charge in [-0.1, -0.05) is 42.5 Å². The lowest BCUT2D eigenvalue weighted by Crippen LogP contribution is -2.29. The lowest BCUT2D eigenvalue weighted by Gasteiger charge is -2.23. The smallest absolute Gasteiger partial charge is 0.251 e. The van der Waals surface area contributed by atoms with Gasteiger partial charge in [-0.2, -0.15) is 5.10 Å². The number of nitrogens with zero attached hydrogens (tertiary/aromatic N) is 3. The maximum absolute atomic E-state index is 13.0. The predicted octanol–water partition coefficient (Wildman–Crippen LogP) is 3.95. The molecule has 0 saturated heterocycles. The first-order chi connectivity index (χ1) is 14.7. The summed E-state index contributed by atoms with van der Waals surface area (Å²) >= 11 is 0. The third-order valence-corrected chi connectivity index (χ3v) is 4.64. The van der Waals surface area contributed by atoms with Gasteiger partial charge in [-0.05, 0) is 23.8 Å². The van der Waals surface area contributed by atoms with E-state index in [1.165, 1.54) is 0 Å². The Morgan fingerprint density at radius 2 is 1.87 bits per heavy atom. The Labute approximate surface area is 175 Å². The molecule has 4 rings (SSSR count). The summed E-state index contributed by atoms with van der Waals surface area (Å²) in [5.74, 6) is 1.22. The topological polar surface area (TPSA) is 56.6 Å². The van der Waals surface area contributed by atoms with Crippen LogP contribution >= 0.6 is 0 Å². The van der Waals surface area contributed by atoms with Crippen LogP contribution in [0, 0.1) is 0 Å². The Kier molecular flexibility index (Phi) is 5.94. The molecule has 30 heavy (non-hydrogen) atoms. The van der Waals surface area contributed by atoms with Gasteiger partial charge in [-0.3, -0.25) is 9.48 Å². The molecule has 1 amide bonds. The van der Waals surface area contributed by atoms with Crippen LogP contribution in [-0.2, 0) is 11.8 Å². The highest BCUT2D eigenvalue weighted by molar-refractivity contribution is 6.04. The second kappa shape index (κ2) is 9.13. The van der Waals surface area contributed by atoms with E-state index < -0.39 is 0 Å². The fourth-order valence-electron chi connectivity index (χ4n) is 3.16. The lowest BCUT2D eigenvalue weighted by atomic mass is 10.2.